The lowest BCUT2D eigenvalue weighted by molar-refractivity contribution is -0.175. The molecule has 0 N–H and O–H groups in total. The maximum atomic E-state index is 12.9. The average Bonchev–Trinajstić information content (AvgIpc) is 3.27. The Bertz CT molecular complexity index is 705. The zero-order chi connectivity index (χ0) is 21.2. The lowest BCUT2D eigenvalue weighted by Gasteiger charge is -2.34. The Morgan fingerprint density at radius 1 is 1.21 bits per heavy atom. The maximum absolute atomic E-state index is 12.9. The molecule has 2 saturated carbocycles. The third kappa shape index (κ3) is 4.62. The quantitative estimate of drug-likeness (QED) is 0.359. The summed E-state index contributed by atoms with van der Waals surface area (Å²) in [5.74, 6) is -3.62. The molecule has 3 rings (SSSR count). The normalized spacial score (nSPS) is 29.7. The van der Waals surface area contributed by atoms with Gasteiger partial charge in [0.1, 0.15) is 17.8 Å². The van der Waals surface area contributed by atoms with Crippen LogP contribution in [0.5, 0.6) is 0 Å². The number of fused-ring (bicyclic) bond motifs is 2. The molecule has 1 heterocycles. The van der Waals surface area contributed by atoms with E-state index in [9.17, 15) is 19.2 Å². The number of esters is 4. The molecule has 0 amide bonds. The number of rotatable bonds is 7. The number of carbonyl (C=O) groups is 4. The molecular weight excluding hydrogens is 380 g/mol. The largest absolute Gasteiger partial charge is 0.459 e. The Morgan fingerprint density at radius 2 is 1.90 bits per heavy atom. The van der Waals surface area contributed by atoms with Crippen LogP contribution in [-0.2, 0) is 38.1 Å². The first-order chi connectivity index (χ1) is 13.7. The van der Waals surface area contributed by atoms with Crippen LogP contribution in [0, 0.1) is 11.8 Å². The minimum absolute atomic E-state index is 0.153. The third-order valence-corrected chi connectivity index (χ3v) is 6.17. The van der Waals surface area contributed by atoms with E-state index in [-0.39, 0.29) is 12.0 Å². The van der Waals surface area contributed by atoms with E-state index in [1.165, 1.54) is 6.92 Å². The molecule has 2 aliphatic carbocycles. The van der Waals surface area contributed by atoms with Gasteiger partial charge in [0.05, 0.1) is 11.8 Å². The van der Waals surface area contributed by atoms with Crippen molar-refractivity contribution < 1.29 is 38.1 Å². The SMILES string of the molecule is C=C(C)C(=O)OCC(=O)OC1CC(C(=O)OC2(CC)CCCC2)C2CC1OC2=O. The Morgan fingerprint density at radius 3 is 2.52 bits per heavy atom. The van der Waals surface area contributed by atoms with Crippen LogP contribution in [0.25, 0.3) is 0 Å². The molecule has 8 nitrogen and oxygen atoms in total. The predicted molar refractivity (Wildman–Crippen MR) is 99.3 cm³/mol. The first kappa shape index (κ1) is 21.3. The van der Waals surface area contributed by atoms with Gasteiger partial charge in [-0.25, -0.2) is 9.59 Å². The van der Waals surface area contributed by atoms with E-state index in [1.54, 1.807) is 0 Å². The van der Waals surface area contributed by atoms with Gasteiger partial charge >= 0.3 is 23.9 Å². The van der Waals surface area contributed by atoms with Gasteiger partial charge in [-0.05, 0) is 39.0 Å². The van der Waals surface area contributed by atoms with E-state index in [2.05, 4.69) is 6.58 Å². The summed E-state index contributed by atoms with van der Waals surface area (Å²) in [4.78, 5) is 48.6. The molecule has 1 saturated heterocycles. The highest BCUT2D eigenvalue weighted by Crippen LogP contribution is 2.43. The molecule has 8 heteroatoms. The molecule has 0 spiro atoms. The molecule has 0 aromatic carbocycles. The summed E-state index contributed by atoms with van der Waals surface area (Å²) >= 11 is 0. The van der Waals surface area contributed by atoms with Crippen LogP contribution in [-0.4, -0.2) is 48.3 Å². The van der Waals surface area contributed by atoms with Crippen molar-refractivity contribution in [3.8, 4) is 0 Å². The van der Waals surface area contributed by atoms with Crippen molar-refractivity contribution in [2.75, 3.05) is 6.61 Å². The zero-order valence-electron chi connectivity index (χ0n) is 16.9. The van der Waals surface area contributed by atoms with Crippen molar-refractivity contribution in [3.05, 3.63) is 12.2 Å². The second kappa shape index (κ2) is 8.55. The highest BCUT2D eigenvalue weighted by molar-refractivity contribution is 5.88. The van der Waals surface area contributed by atoms with Gasteiger partial charge < -0.3 is 18.9 Å². The van der Waals surface area contributed by atoms with Crippen LogP contribution >= 0.6 is 0 Å². The average molecular weight is 408 g/mol. The summed E-state index contributed by atoms with van der Waals surface area (Å²) < 4.78 is 21.4. The summed E-state index contributed by atoms with van der Waals surface area (Å²) in [6.07, 6.45) is 3.51. The Kier molecular flexibility index (Phi) is 6.29. The van der Waals surface area contributed by atoms with Gasteiger partial charge in [-0.1, -0.05) is 13.5 Å². The van der Waals surface area contributed by atoms with Crippen LogP contribution in [0.15, 0.2) is 12.2 Å². The van der Waals surface area contributed by atoms with Gasteiger partial charge in [-0.3, -0.25) is 9.59 Å². The minimum Gasteiger partial charge on any atom is -0.459 e. The molecule has 0 radical (unpaired) electrons. The third-order valence-electron chi connectivity index (χ3n) is 6.17. The van der Waals surface area contributed by atoms with Gasteiger partial charge in [0.15, 0.2) is 6.61 Å². The molecule has 4 atom stereocenters. The van der Waals surface area contributed by atoms with Gasteiger partial charge in [0.2, 0.25) is 0 Å². The molecule has 2 bridgehead atoms. The zero-order valence-corrected chi connectivity index (χ0v) is 16.9. The molecule has 4 unspecified atom stereocenters. The molecule has 3 aliphatic rings. The topological polar surface area (TPSA) is 105 Å². The fourth-order valence-electron chi connectivity index (χ4n) is 4.42. The van der Waals surface area contributed by atoms with Gasteiger partial charge in [0.25, 0.3) is 0 Å². The maximum Gasteiger partial charge on any atom is 0.344 e. The number of hydrogen-bond donors (Lipinski definition) is 0. The molecule has 3 fully saturated rings. The Hall–Kier alpha value is -2.38. The van der Waals surface area contributed by atoms with Crippen LogP contribution in [0.2, 0.25) is 0 Å². The molecule has 0 aromatic heterocycles. The van der Waals surface area contributed by atoms with E-state index >= 15 is 0 Å². The van der Waals surface area contributed by atoms with E-state index in [1.807, 2.05) is 6.92 Å². The fourth-order valence-corrected chi connectivity index (χ4v) is 4.42. The summed E-state index contributed by atoms with van der Waals surface area (Å²) in [7, 11) is 0. The summed E-state index contributed by atoms with van der Waals surface area (Å²) in [5.41, 5.74) is -0.290. The summed E-state index contributed by atoms with van der Waals surface area (Å²) in [6.45, 7) is 6.33. The smallest absolute Gasteiger partial charge is 0.344 e. The fraction of sp³-hybridized carbons (Fsp3) is 0.714. The van der Waals surface area contributed by atoms with Crippen molar-refractivity contribution in [3.63, 3.8) is 0 Å². The van der Waals surface area contributed by atoms with Crippen molar-refractivity contribution in [2.24, 2.45) is 11.8 Å². The first-order valence-electron chi connectivity index (χ1n) is 10.2. The lowest BCUT2D eigenvalue weighted by atomic mass is 9.78. The number of carbonyl (C=O) groups excluding carboxylic acids is 4. The van der Waals surface area contributed by atoms with Crippen LogP contribution in [0.4, 0.5) is 0 Å². The van der Waals surface area contributed by atoms with Gasteiger partial charge in [-0.15, -0.1) is 0 Å². The van der Waals surface area contributed by atoms with Crippen molar-refractivity contribution in [2.45, 2.75) is 76.6 Å². The first-order valence-corrected chi connectivity index (χ1v) is 10.2. The highest BCUT2D eigenvalue weighted by Gasteiger charge is 2.54. The molecular formula is C21H28O8. The Balaban J connectivity index is 1.63. The van der Waals surface area contributed by atoms with Crippen molar-refractivity contribution in [1.29, 1.82) is 0 Å². The highest BCUT2D eigenvalue weighted by atomic mass is 16.6. The van der Waals surface area contributed by atoms with E-state index in [4.69, 9.17) is 18.9 Å². The van der Waals surface area contributed by atoms with Crippen LogP contribution in [0.3, 0.4) is 0 Å². The van der Waals surface area contributed by atoms with E-state index in [0.29, 0.717) is 6.42 Å². The number of hydrogen-bond acceptors (Lipinski definition) is 8. The predicted octanol–water partition coefficient (Wildman–Crippen LogP) is 2.24. The minimum atomic E-state index is -0.771. The summed E-state index contributed by atoms with van der Waals surface area (Å²) in [6, 6.07) is 0. The van der Waals surface area contributed by atoms with Crippen molar-refractivity contribution >= 4 is 23.9 Å². The van der Waals surface area contributed by atoms with Gasteiger partial charge in [0, 0.05) is 18.4 Å². The van der Waals surface area contributed by atoms with Crippen LogP contribution < -0.4 is 0 Å². The Labute approximate surface area is 169 Å². The molecule has 1 aliphatic heterocycles. The number of ether oxygens (including phenoxy) is 4. The van der Waals surface area contributed by atoms with E-state index < -0.39 is 60.1 Å². The second-order valence-corrected chi connectivity index (χ2v) is 8.21. The lowest BCUT2D eigenvalue weighted by Crippen LogP contribution is -2.43. The van der Waals surface area contributed by atoms with Gasteiger partial charge in [-0.2, -0.15) is 0 Å². The molecule has 160 valence electrons. The van der Waals surface area contributed by atoms with E-state index in [0.717, 1.165) is 32.1 Å². The monoisotopic (exact) mass is 408 g/mol. The standard InChI is InChI=1S/C21H28O8/c1-4-21(7-5-6-8-21)29-20(25)14-10-15(16-9-13(14)19(24)28-16)27-17(22)11-26-18(23)12(2)3/h13-16H,2,4-11H2,1,3H3. The second-order valence-electron chi connectivity index (χ2n) is 8.21. The molecule has 0 aromatic rings. The summed E-state index contributed by atoms with van der Waals surface area (Å²) in [5, 5.41) is 0. The van der Waals surface area contributed by atoms with Crippen LogP contribution in [0.1, 0.15) is 58.8 Å². The van der Waals surface area contributed by atoms with Crippen molar-refractivity contribution in [1.82, 2.24) is 0 Å². The molecule has 29 heavy (non-hydrogen) atoms.